The summed E-state index contributed by atoms with van der Waals surface area (Å²) in [7, 11) is 0. The van der Waals surface area contributed by atoms with Gasteiger partial charge in [-0.2, -0.15) is 0 Å². The number of carbonyl (C=O) groups is 1. The molecule has 1 aromatic carbocycles. The third-order valence-electron chi connectivity index (χ3n) is 3.66. The summed E-state index contributed by atoms with van der Waals surface area (Å²) >= 11 is 0. The molecular formula is C18H28NO2. The Kier molecular flexibility index (Phi) is 5.08. The summed E-state index contributed by atoms with van der Waals surface area (Å²) in [5.41, 5.74) is 3.80. The molecule has 21 heavy (non-hydrogen) atoms. The summed E-state index contributed by atoms with van der Waals surface area (Å²) in [6, 6.07) is 6.61. The summed E-state index contributed by atoms with van der Waals surface area (Å²) in [6.07, 6.45) is -0.989. The molecule has 1 aromatic rings. The lowest BCUT2D eigenvalue weighted by Gasteiger charge is -2.27. The zero-order valence-electron chi connectivity index (χ0n) is 14.3. The van der Waals surface area contributed by atoms with Crippen LogP contribution in [-0.2, 0) is 10.8 Å². The maximum atomic E-state index is 10.7. The Hall–Kier alpha value is -1.51. The van der Waals surface area contributed by atoms with Crippen LogP contribution in [0.5, 0.6) is 0 Å². The number of benzene rings is 1. The summed E-state index contributed by atoms with van der Waals surface area (Å²) in [6.45, 7) is 15.5. The second-order valence-electron chi connectivity index (χ2n) is 7.74. The Bertz CT molecular complexity index is 475. The van der Waals surface area contributed by atoms with E-state index in [2.05, 4.69) is 65.1 Å². The van der Waals surface area contributed by atoms with Gasteiger partial charge in [0, 0.05) is 12.5 Å². The first-order valence-electron chi connectivity index (χ1n) is 7.37. The molecule has 3 nitrogen and oxygen atoms in total. The van der Waals surface area contributed by atoms with E-state index in [9.17, 15) is 4.79 Å². The molecule has 1 rings (SSSR count). The molecular weight excluding hydrogens is 262 g/mol. The monoisotopic (exact) mass is 290 g/mol. The fraction of sp³-hybridized carbons (Fsp3) is 0.556. The van der Waals surface area contributed by atoms with Gasteiger partial charge in [-0.05, 0) is 27.5 Å². The highest BCUT2D eigenvalue weighted by Gasteiger charge is 2.22. The van der Waals surface area contributed by atoms with Gasteiger partial charge in [-0.15, -0.1) is 0 Å². The van der Waals surface area contributed by atoms with Gasteiger partial charge in [-0.1, -0.05) is 66.7 Å². The molecule has 0 atom stereocenters. The van der Waals surface area contributed by atoms with Crippen molar-refractivity contribution in [2.75, 3.05) is 6.54 Å². The van der Waals surface area contributed by atoms with Gasteiger partial charge in [-0.3, -0.25) is 0 Å². The minimum absolute atomic E-state index is 0.0660. The van der Waals surface area contributed by atoms with Crippen LogP contribution < -0.4 is 5.32 Å². The maximum absolute atomic E-state index is 10.7. The van der Waals surface area contributed by atoms with E-state index in [1.807, 2.05) is 6.92 Å². The third-order valence-corrected chi connectivity index (χ3v) is 3.66. The molecule has 0 unspecified atom stereocenters. The van der Waals surface area contributed by atoms with Gasteiger partial charge in [0.15, 0.2) is 0 Å². The molecule has 1 amide bonds. The molecule has 0 aliphatic rings. The Morgan fingerprint density at radius 2 is 1.43 bits per heavy atom. The highest BCUT2D eigenvalue weighted by atomic mass is 16.4. The van der Waals surface area contributed by atoms with Gasteiger partial charge < -0.3 is 10.4 Å². The van der Waals surface area contributed by atoms with E-state index < -0.39 is 6.09 Å². The van der Waals surface area contributed by atoms with Crippen molar-refractivity contribution in [3.63, 3.8) is 0 Å². The van der Waals surface area contributed by atoms with Crippen LogP contribution in [0.3, 0.4) is 0 Å². The molecule has 117 valence electrons. The zero-order chi connectivity index (χ0) is 16.4. The molecule has 0 spiro atoms. The van der Waals surface area contributed by atoms with E-state index in [0.29, 0.717) is 6.54 Å². The Labute approximate surface area is 128 Å². The predicted molar refractivity (Wildman–Crippen MR) is 87.9 cm³/mol. The van der Waals surface area contributed by atoms with Crippen molar-refractivity contribution in [3.05, 3.63) is 40.8 Å². The second-order valence-corrected chi connectivity index (χ2v) is 7.74. The van der Waals surface area contributed by atoms with Gasteiger partial charge in [0.05, 0.1) is 0 Å². The SMILES string of the molecule is C[C](CNC(=O)O)c1cc(C(C)(C)C)cc(C(C)(C)C)c1. The van der Waals surface area contributed by atoms with Crippen LogP contribution in [0.1, 0.15) is 65.2 Å². The molecule has 0 aromatic heterocycles. The minimum atomic E-state index is -0.989. The largest absolute Gasteiger partial charge is 0.465 e. The van der Waals surface area contributed by atoms with Crippen molar-refractivity contribution in [2.24, 2.45) is 0 Å². The van der Waals surface area contributed by atoms with E-state index in [0.717, 1.165) is 11.5 Å². The van der Waals surface area contributed by atoms with Gasteiger partial charge in [0.25, 0.3) is 0 Å². The number of nitrogens with one attached hydrogen (secondary N) is 1. The van der Waals surface area contributed by atoms with Gasteiger partial charge in [0.2, 0.25) is 0 Å². The third kappa shape index (κ3) is 5.07. The number of rotatable bonds is 3. The molecule has 0 aliphatic carbocycles. The van der Waals surface area contributed by atoms with Crippen LogP contribution in [0.2, 0.25) is 0 Å². The lowest BCUT2D eigenvalue weighted by molar-refractivity contribution is 0.195. The smallest absolute Gasteiger partial charge is 0.404 e. The zero-order valence-corrected chi connectivity index (χ0v) is 14.3. The first-order chi connectivity index (χ1) is 9.41. The standard InChI is InChI=1S/C18H28NO2/c1-12(11-19-16(20)21)13-8-14(17(2,3)4)10-15(9-13)18(5,6)7/h8-10,19H,11H2,1-7H3,(H,20,21). The van der Waals surface area contributed by atoms with Crippen LogP contribution in [0.4, 0.5) is 4.79 Å². The average Bonchev–Trinajstić information content (AvgIpc) is 2.33. The number of carboxylic acid groups (broad SMARTS) is 1. The highest BCUT2D eigenvalue weighted by Crippen LogP contribution is 2.32. The Morgan fingerprint density at radius 3 is 1.76 bits per heavy atom. The van der Waals surface area contributed by atoms with Crippen molar-refractivity contribution in [2.45, 2.75) is 59.3 Å². The summed E-state index contributed by atoms with van der Waals surface area (Å²) < 4.78 is 0. The van der Waals surface area contributed by atoms with Crippen LogP contribution in [-0.4, -0.2) is 17.7 Å². The second kappa shape index (κ2) is 6.08. The molecule has 0 aliphatic heterocycles. The summed E-state index contributed by atoms with van der Waals surface area (Å²) in [5.74, 6) is 1.04. The van der Waals surface area contributed by atoms with Crippen molar-refractivity contribution < 1.29 is 9.90 Å². The average molecular weight is 290 g/mol. The van der Waals surface area contributed by atoms with Crippen LogP contribution >= 0.6 is 0 Å². The van der Waals surface area contributed by atoms with Crippen LogP contribution in [0.15, 0.2) is 18.2 Å². The number of hydrogen-bond acceptors (Lipinski definition) is 1. The first kappa shape index (κ1) is 17.5. The molecule has 0 bridgehead atoms. The Balaban J connectivity index is 3.22. The first-order valence-corrected chi connectivity index (χ1v) is 7.37. The van der Waals surface area contributed by atoms with Crippen LogP contribution in [0, 0.1) is 5.92 Å². The normalized spacial score (nSPS) is 12.6. The van der Waals surface area contributed by atoms with Crippen molar-refractivity contribution in [1.29, 1.82) is 0 Å². The predicted octanol–water partition coefficient (Wildman–Crippen LogP) is 4.49. The lowest BCUT2D eigenvalue weighted by Crippen LogP contribution is -2.26. The van der Waals surface area contributed by atoms with Gasteiger partial charge in [0.1, 0.15) is 0 Å². The number of amides is 1. The molecule has 2 N–H and O–H groups in total. The van der Waals surface area contributed by atoms with E-state index in [4.69, 9.17) is 5.11 Å². The fourth-order valence-corrected chi connectivity index (χ4v) is 2.05. The summed E-state index contributed by atoms with van der Waals surface area (Å²) in [4.78, 5) is 10.7. The molecule has 0 saturated heterocycles. The molecule has 3 heteroatoms. The summed E-state index contributed by atoms with van der Waals surface area (Å²) in [5, 5.41) is 11.2. The van der Waals surface area contributed by atoms with Crippen LogP contribution in [0.25, 0.3) is 0 Å². The van der Waals surface area contributed by atoms with Crippen molar-refractivity contribution in [1.82, 2.24) is 5.32 Å². The fourth-order valence-electron chi connectivity index (χ4n) is 2.05. The Morgan fingerprint density at radius 1 is 1.00 bits per heavy atom. The molecule has 0 heterocycles. The lowest BCUT2D eigenvalue weighted by atomic mass is 9.78. The highest BCUT2D eigenvalue weighted by molar-refractivity contribution is 5.65. The van der Waals surface area contributed by atoms with Crippen molar-refractivity contribution in [3.8, 4) is 0 Å². The molecule has 0 fully saturated rings. The van der Waals surface area contributed by atoms with E-state index in [-0.39, 0.29) is 10.8 Å². The van der Waals surface area contributed by atoms with Crippen molar-refractivity contribution >= 4 is 6.09 Å². The van der Waals surface area contributed by atoms with E-state index in [1.54, 1.807) is 0 Å². The van der Waals surface area contributed by atoms with E-state index in [1.165, 1.54) is 11.1 Å². The maximum Gasteiger partial charge on any atom is 0.404 e. The number of hydrogen-bond donors (Lipinski definition) is 2. The quantitative estimate of drug-likeness (QED) is 0.861. The topological polar surface area (TPSA) is 49.3 Å². The van der Waals surface area contributed by atoms with E-state index >= 15 is 0 Å². The molecule has 0 saturated carbocycles. The minimum Gasteiger partial charge on any atom is -0.465 e. The molecule has 1 radical (unpaired) electrons. The van der Waals surface area contributed by atoms with Gasteiger partial charge >= 0.3 is 6.09 Å². The van der Waals surface area contributed by atoms with Gasteiger partial charge in [-0.25, -0.2) is 4.79 Å².